The molecule has 0 unspecified atom stereocenters. The smallest absolute Gasteiger partial charge is 0.274 e. The Kier molecular flexibility index (Phi) is 5.12. The van der Waals surface area contributed by atoms with Gasteiger partial charge in [0.2, 0.25) is 0 Å². The lowest BCUT2D eigenvalue weighted by Gasteiger charge is -2.17. The van der Waals surface area contributed by atoms with Gasteiger partial charge in [0, 0.05) is 11.9 Å². The summed E-state index contributed by atoms with van der Waals surface area (Å²) >= 11 is 3.08. The van der Waals surface area contributed by atoms with Crippen LogP contribution in [0.5, 0.6) is 0 Å². The van der Waals surface area contributed by atoms with Crippen LogP contribution in [-0.4, -0.2) is 18.1 Å². The first-order valence-corrected chi connectivity index (χ1v) is 11.6. The molecule has 0 spiro atoms. The molecule has 2 aliphatic rings. The molecule has 1 fully saturated rings. The largest absolute Gasteiger partial charge is 0.337 e. The second-order valence-electron chi connectivity index (χ2n) is 7.52. The highest BCUT2D eigenvalue weighted by molar-refractivity contribution is 8.20. The molecule has 154 valence electrons. The van der Waals surface area contributed by atoms with Crippen molar-refractivity contribution in [2.75, 3.05) is 16.8 Å². The van der Waals surface area contributed by atoms with Crippen molar-refractivity contribution in [1.29, 1.82) is 0 Å². The summed E-state index contributed by atoms with van der Waals surface area (Å²) in [7, 11) is 2.02. The number of carbonyl (C=O) groups is 1. The fourth-order valence-corrected chi connectivity index (χ4v) is 5.93. The van der Waals surface area contributed by atoms with E-state index in [4.69, 9.17) is 4.99 Å². The molecule has 4 nitrogen and oxygen atoms in total. The van der Waals surface area contributed by atoms with Crippen LogP contribution in [0.3, 0.4) is 0 Å². The predicted octanol–water partition coefficient (Wildman–Crippen LogP) is 6.48. The monoisotopic (exact) mass is 443 g/mol. The Morgan fingerprint density at radius 1 is 0.839 bits per heavy atom. The number of thioether (sulfide) groups is 2. The van der Waals surface area contributed by atoms with Gasteiger partial charge in [-0.3, -0.25) is 9.69 Å². The highest BCUT2D eigenvalue weighted by atomic mass is 32.2. The van der Waals surface area contributed by atoms with E-state index in [1.807, 2.05) is 81.6 Å². The average molecular weight is 444 g/mol. The molecule has 6 heteroatoms. The van der Waals surface area contributed by atoms with E-state index in [2.05, 4.69) is 17.0 Å². The normalized spacial score (nSPS) is 19.5. The summed E-state index contributed by atoms with van der Waals surface area (Å²) in [5.41, 5.74) is 5.05. The third-order valence-corrected chi connectivity index (χ3v) is 7.73. The second kappa shape index (κ2) is 7.94. The van der Waals surface area contributed by atoms with E-state index in [-0.39, 0.29) is 5.91 Å². The van der Waals surface area contributed by atoms with Gasteiger partial charge in [-0.2, -0.15) is 0 Å². The third-order valence-electron chi connectivity index (χ3n) is 5.34. The number of hydrogen-bond donors (Lipinski definition) is 0. The number of fused-ring (bicyclic) bond motifs is 1. The molecule has 1 amide bonds. The molecular formula is C25H21N3OS2. The van der Waals surface area contributed by atoms with E-state index in [1.54, 1.807) is 16.7 Å². The maximum Gasteiger partial charge on any atom is 0.274 e. The lowest BCUT2D eigenvalue weighted by atomic mass is 10.2. The van der Waals surface area contributed by atoms with Gasteiger partial charge in [0.15, 0.2) is 5.17 Å². The van der Waals surface area contributed by atoms with Crippen molar-refractivity contribution < 1.29 is 4.79 Å². The van der Waals surface area contributed by atoms with Crippen molar-refractivity contribution in [2.24, 2.45) is 4.99 Å². The first-order chi connectivity index (χ1) is 15.0. The van der Waals surface area contributed by atoms with Crippen LogP contribution in [0, 0.1) is 13.8 Å². The van der Waals surface area contributed by atoms with Crippen LogP contribution >= 0.6 is 23.5 Å². The van der Waals surface area contributed by atoms with Gasteiger partial charge in [-0.05, 0) is 61.5 Å². The Labute approximate surface area is 190 Å². The Morgan fingerprint density at radius 3 is 2.29 bits per heavy atom. The topological polar surface area (TPSA) is 35.9 Å². The first kappa shape index (κ1) is 20.0. The van der Waals surface area contributed by atoms with Gasteiger partial charge in [0.1, 0.15) is 4.91 Å². The fourth-order valence-electron chi connectivity index (χ4n) is 3.59. The number of para-hydroxylation sites is 2. The van der Waals surface area contributed by atoms with Gasteiger partial charge in [0.05, 0.1) is 22.1 Å². The quantitative estimate of drug-likeness (QED) is 0.425. The molecule has 0 atom stereocenters. The van der Waals surface area contributed by atoms with Crippen molar-refractivity contribution in [3.63, 3.8) is 0 Å². The Morgan fingerprint density at radius 2 is 1.55 bits per heavy atom. The van der Waals surface area contributed by atoms with Crippen molar-refractivity contribution in [3.05, 3.63) is 93.9 Å². The molecule has 0 bridgehead atoms. The summed E-state index contributed by atoms with van der Waals surface area (Å²) in [5, 5.41) is 1.62. The van der Waals surface area contributed by atoms with Gasteiger partial charge in [0.25, 0.3) is 5.91 Å². The van der Waals surface area contributed by atoms with Crippen LogP contribution < -0.4 is 9.80 Å². The molecule has 5 rings (SSSR count). The first-order valence-electron chi connectivity index (χ1n) is 10.0. The fraction of sp³-hybridized carbons (Fsp3) is 0.120. The Balaban J connectivity index is 1.63. The van der Waals surface area contributed by atoms with Crippen molar-refractivity contribution in [2.45, 2.75) is 18.7 Å². The van der Waals surface area contributed by atoms with Crippen LogP contribution in [-0.2, 0) is 4.79 Å². The maximum atomic E-state index is 13.7. The molecule has 1 saturated heterocycles. The molecule has 0 radical (unpaired) electrons. The number of nitrogens with zero attached hydrogens (tertiary/aromatic N) is 3. The molecule has 2 aliphatic heterocycles. The number of rotatable bonds is 2. The van der Waals surface area contributed by atoms with Crippen molar-refractivity contribution >= 4 is 51.7 Å². The average Bonchev–Trinajstić information content (AvgIpc) is 3.27. The second-order valence-corrected chi connectivity index (χ2v) is 9.53. The lowest BCUT2D eigenvalue weighted by molar-refractivity contribution is -0.113. The van der Waals surface area contributed by atoms with Crippen molar-refractivity contribution in [1.82, 2.24) is 0 Å². The number of hydrogen-bond acceptors (Lipinski definition) is 5. The number of anilines is 2. The van der Waals surface area contributed by atoms with E-state index in [9.17, 15) is 4.79 Å². The van der Waals surface area contributed by atoms with Gasteiger partial charge >= 0.3 is 0 Å². The van der Waals surface area contributed by atoms with Crippen LogP contribution in [0.15, 0.2) is 92.6 Å². The zero-order valence-electron chi connectivity index (χ0n) is 17.5. The SMILES string of the molecule is Cc1ccc(N2C(=O)/C(=C3/Sc4ccccc4N3C)SC2=Nc2ccccc2C)cc1. The Bertz CT molecular complexity index is 1250. The summed E-state index contributed by atoms with van der Waals surface area (Å²) < 4.78 is 0. The molecule has 0 aliphatic carbocycles. The van der Waals surface area contributed by atoms with E-state index < -0.39 is 0 Å². The molecule has 2 heterocycles. The highest BCUT2D eigenvalue weighted by Crippen LogP contribution is 2.50. The van der Waals surface area contributed by atoms with Crippen LogP contribution in [0.2, 0.25) is 0 Å². The van der Waals surface area contributed by atoms with Gasteiger partial charge in [-0.15, -0.1) is 0 Å². The van der Waals surface area contributed by atoms with E-state index in [0.717, 1.165) is 38.1 Å². The lowest BCUT2D eigenvalue weighted by Crippen LogP contribution is -2.29. The summed E-state index contributed by atoms with van der Waals surface area (Å²) in [6.45, 7) is 4.08. The number of aryl methyl sites for hydroxylation is 2. The van der Waals surface area contributed by atoms with E-state index >= 15 is 0 Å². The van der Waals surface area contributed by atoms with Gasteiger partial charge < -0.3 is 4.90 Å². The summed E-state index contributed by atoms with van der Waals surface area (Å²) in [6.07, 6.45) is 0. The van der Waals surface area contributed by atoms with Gasteiger partial charge in [-0.25, -0.2) is 4.99 Å². The van der Waals surface area contributed by atoms with Crippen molar-refractivity contribution in [3.8, 4) is 0 Å². The molecule has 0 aromatic heterocycles. The van der Waals surface area contributed by atoms with Crippen LogP contribution in [0.4, 0.5) is 17.1 Å². The predicted molar refractivity (Wildman–Crippen MR) is 132 cm³/mol. The number of benzene rings is 3. The molecule has 0 saturated carbocycles. The summed E-state index contributed by atoms with van der Waals surface area (Å²) in [5.74, 6) is -0.0386. The number of aliphatic imine (C=N–C) groups is 1. The molecular weight excluding hydrogens is 422 g/mol. The van der Waals surface area contributed by atoms with Crippen LogP contribution in [0.25, 0.3) is 0 Å². The van der Waals surface area contributed by atoms with Gasteiger partial charge in [-0.1, -0.05) is 59.8 Å². The minimum absolute atomic E-state index is 0.0386. The van der Waals surface area contributed by atoms with E-state index in [0.29, 0.717) is 10.1 Å². The third kappa shape index (κ3) is 3.56. The molecule has 31 heavy (non-hydrogen) atoms. The minimum Gasteiger partial charge on any atom is -0.337 e. The number of amidine groups is 1. The zero-order chi connectivity index (χ0) is 21.5. The molecule has 3 aromatic rings. The van der Waals surface area contributed by atoms with Crippen LogP contribution in [0.1, 0.15) is 11.1 Å². The summed E-state index contributed by atoms with van der Waals surface area (Å²) in [4.78, 5) is 24.3. The zero-order valence-corrected chi connectivity index (χ0v) is 19.1. The standard InChI is InChI=1S/C25H21N3OS2/c1-16-12-14-18(15-13-16)28-23(29)22(24-27(3)20-10-6-7-11-21(20)30-24)31-25(28)26-19-9-5-4-8-17(19)2/h4-15H,1-3H3/b24-22-,26-25?. The summed E-state index contributed by atoms with van der Waals surface area (Å²) in [6, 6.07) is 24.2. The minimum atomic E-state index is -0.0386. The molecule has 3 aromatic carbocycles. The highest BCUT2D eigenvalue weighted by Gasteiger charge is 2.40. The molecule has 0 N–H and O–H groups in total. The maximum absolute atomic E-state index is 13.7. The Hall–Kier alpha value is -2.96. The number of carbonyl (C=O) groups excluding carboxylic acids is 1. The van der Waals surface area contributed by atoms with E-state index in [1.165, 1.54) is 11.8 Å². The number of amides is 1.